The van der Waals surface area contributed by atoms with Gasteiger partial charge >= 0.3 is 0 Å². The van der Waals surface area contributed by atoms with Crippen LogP contribution in [0.3, 0.4) is 0 Å². The summed E-state index contributed by atoms with van der Waals surface area (Å²) in [5.74, 6) is 3.43. The maximum absolute atomic E-state index is 12.4. The number of thioether (sulfide) groups is 1. The molecule has 7 heteroatoms. The Morgan fingerprint density at radius 3 is 2.95 bits per heavy atom. The van der Waals surface area contributed by atoms with Crippen molar-refractivity contribution in [3.05, 3.63) is 23.8 Å². The van der Waals surface area contributed by atoms with E-state index in [0.717, 1.165) is 28.7 Å². The van der Waals surface area contributed by atoms with Crippen LogP contribution in [0.4, 0.5) is 0 Å². The Balaban J connectivity index is 0.00000161. The summed E-state index contributed by atoms with van der Waals surface area (Å²) in [5.41, 5.74) is 1.06. The van der Waals surface area contributed by atoms with Gasteiger partial charge in [-0.05, 0) is 24.6 Å². The lowest BCUT2D eigenvalue weighted by atomic mass is 10.1. The summed E-state index contributed by atoms with van der Waals surface area (Å²) >= 11 is 1.77. The average Bonchev–Trinajstić information content (AvgIpc) is 3.14. The third-order valence-electron chi connectivity index (χ3n) is 3.52. The van der Waals surface area contributed by atoms with Crippen LogP contribution in [-0.2, 0) is 11.3 Å². The number of benzene rings is 1. The Bertz CT molecular complexity index is 509. The second kappa shape index (κ2) is 7.24. The molecule has 1 unspecified atom stereocenters. The molecular formula is C14H19ClN2O3S. The van der Waals surface area contributed by atoms with E-state index >= 15 is 0 Å². The molecule has 1 N–H and O–H groups in total. The van der Waals surface area contributed by atoms with Crippen molar-refractivity contribution in [3.63, 3.8) is 0 Å². The lowest BCUT2D eigenvalue weighted by Gasteiger charge is -2.24. The number of carbonyl (C=O) groups excluding carboxylic acids is 1. The standard InChI is InChI=1S/C14H18N2O3S.ClH/c1-2-16(14(17)11-7-20-8-15-11)6-10-3-4-12-13(5-10)19-9-18-12;/h3-5,11,15H,2,6-9H2,1H3;1H. The molecular weight excluding hydrogens is 312 g/mol. The van der Waals surface area contributed by atoms with Gasteiger partial charge in [-0.3, -0.25) is 10.1 Å². The molecule has 1 atom stereocenters. The fourth-order valence-corrected chi connectivity index (χ4v) is 3.31. The van der Waals surface area contributed by atoms with Gasteiger partial charge in [0, 0.05) is 24.7 Å². The Hall–Kier alpha value is -1.11. The zero-order valence-corrected chi connectivity index (χ0v) is 13.5. The van der Waals surface area contributed by atoms with Gasteiger partial charge in [0.2, 0.25) is 12.7 Å². The van der Waals surface area contributed by atoms with Crippen LogP contribution in [0.25, 0.3) is 0 Å². The van der Waals surface area contributed by atoms with Gasteiger partial charge in [-0.25, -0.2) is 0 Å². The number of halogens is 1. The number of ether oxygens (including phenoxy) is 2. The second-order valence-electron chi connectivity index (χ2n) is 4.81. The van der Waals surface area contributed by atoms with Crippen molar-refractivity contribution >= 4 is 30.1 Å². The number of hydrogen-bond acceptors (Lipinski definition) is 5. The summed E-state index contributed by atoms with van der Waals surface area (Å²) in [6.07, 6.45) is 0. The van der Waals surface area contributed by atoms with Crippen molar-refractivity contribution in [3.8, 4) is 11.5 Å². The first-order chi connectivity index (χ1) is 9.78. The van der Waals surface area contributed by atoms with Gasteiger partial charge in [-0.1, -0.05) is 6.07 Å². The molecule has 5 nitrogen and oxygen atoms in total. The number of amides is 1. The zero-order valence-electron chi connectivity index (χ0n) is 11.8. The van der Waals surface area contributed by atoms with Gasteiger partial charge in [0.15, 0.2) is 11.5 Å². The van der Waals surface area contributed by atoms with Crippen LogP contribution in [0.15, 0.2) is 18.2 Å². The highest BCUT2D eigenvalue weighted by Crippen LogP contribution is 2.32. The first kappa shape index (κ1) is 16.3. The minimum Gasteiger partial charge on any atom is -0.454 e. The van der Waals surface area contributed by atoms with Crippen LogP contribution in [0, 0.1) is 0 Å². The molecule has 0 spiro atoms. The summed E-state index contributed by atoms with van der Waals surface area (Å²) in [5, 5.41) is 3.23. The summed E-state index contributed by atoms with van der Waals surface area (Å²) in [6.45, 7) is 3.59. The molecule has 2 heterocycles. The van der Waals surface area contributed by atoms with Crippen LogP contribution < -0.4 is 14.8 Å². The Labute approximate surface area is 134 Å². The molecule has 1 aromatic rings. The van der Waals surface area contributed by atoms with E-state index in [1.165, 1.54) is 0 Å². The van der Waals surface area contributed by atoms with E-state index in [4.69, 9.17) is 9.47 Å². The minimum absolute atomic E-state index is 0. The van der Waals surface area contributed by atoms with E-state index < -0.39 is 0 Å². The minimum atomic E-state index is -0.0473. The number of fused-ring (bicyclic) bond motifs is 1. The molecule has 1 aromatic carbocycles. The molecule has 21 heavy (non-hydrogen) atoms. The molecule has 3 rings (SSSR count). The molecule has 0 aromatic heterocycles. The molecule has 2 aliphatic heterocycles. The van der Waals surface area contributed by atoms with Gasteiger partial charge in [0.1, 0.15) is 0 Å². The molecule has 1 saturated heterocycles. The van der Waals surface area contributed by atoms with Crippen LogP contribution in [-0.4, -0.2) is 41.8 Å². The largest absolute Gasteiger partial charge is 0.454 e. The van der Waals surface area contributed by atoms with Gasteiger partial charge in [0.25, 0.3) is 0 Å². The first-order valence-electron chi connectivity index (χ1n) is 6.76. The average molecular weight is 331 g/mol. The summed E-state index contributed by atoms with van der Waals surface area (Å²) in [7, 11) is 0. The normalized spacial score (nSPS) is 19.2. The number of carbonyl (C=O) groups is 1. The van der Waals surface area contributed by atoms with Gasteiger partial charge < -0.3 is 14.4 Å². The summed E-state index contributed by atoms with van der Waals surface area (Å²) < 4.78 is 10.7. The fraction of sp³-hybridized carbons (Fsp3) is 0.500. The highest BCUT2D eigenvalue weighted by atomic mass is 35.5. The zero-order chi connectivity index (χ0) is 13.9. The van der Waals surface area contributed by atoms with E-state index in [2.05, 4.69) is 5.32 Å². The predicted molar refractivity (Wildman–Crippen MR) is 85.2 cm³/mol. The van der Waals surface area contributed by atoms with Gasteiger partial charge in [-0.15, -0.1) is 24.2 Å². The van der Waals surface area contributed by atoms with E-state index in [9.17, 15) is 4.79 Å². The Morgan fingerprint density at radius 1 is 1.43 bits per heavy atom. The van der Waals surface area contributed by atoms with E-state index in [1.807, 2.05) is 30.0 Å². The SMILES string of the molecule is CCN(Cc1ccc2c(c1)OCO2)C(=O)C1CSCN1.Cl. The molecule has 0 aliphatic carbocycles. The predicted octanol–water partition coefficient (Wildman–Crippen LogP) is 1.85. The maximum Gasteiger partial charge on any atom is 0.240 e. The van der Waals surface area contributed by atoms with Crippen LogP contribution in [0.1, 0.15) is 12.5 Å². The Morgan fingerprint density at radius 2 is 2.24 bits per heavy atom. The van der Waals surface area contributed by atoms with E-state index in [0.29, 0.717) is 13.1 Å². The topological polar surface area (TPSA) is 50.8 Å². The second-order valence-corrected chi connectivity index (χ2v) is 5.84. The number of rotatable bonds is 4. The van der Waals surface area contributed by atoms with Crippen molar-refractivity contribution in [2.45, 2.75) is 19.5 Å². The lowest BCUT2D eigenvalue weighted by molar-refractivity contribution is -0.133. The molecule has 0 bridgehead atoms. The van der Waals surface area contributed by atoms with E-state index in [-0.39, 0.29) is 31.1 Å². The van der Waals surface area contributed by atoms with Gasteiger partial charge in [-0.2, -0.15) is 0 Å². The lowest BCUT2D eigenvalue weighted by Crippen LogP contribution is -2.44. The molecule has 1 amide bonds. The number of nitrogens with zero attached hydrogens (tertiary/aromatic N) is 1. The fourth-order valence-electron chi connectivity index (χ4n) is 2.38. The number of likely N-dealkylation sites (N-methyl/N-ethyl adjacent to an activating group) is 1. The maximum atomic E-state index is 12.4. The Kier molecular flexibility index (Phi) is 5.61. The molecule has 1 fully saturated rings. The third-order valence-corrected chi connectivity index (χ3v) is 4.46. The highest BCUT2D eigenvalue weighted by molar-refractivity contribution is 7.99. The molecule has 116 valence electrons. The van der Waals surface area contributed by atoms with Crippen LogP contribution in [0.5, 0.6) is 11.5 Å². The van der Waals surface area contributed by atoms with E-state index in [1.54, 1.807) is 11.8 Å². The number of nitrogens with one attached hydrogen (secondary N) is 1. The summed E-state index contributed by atoms with van der Waals surface area (Å²) in [4.78, 5) is 14.3. The molecule has 0 saturated carbocycles. The van der Waals surface area contributed by atoms with Gasteiger partial charge in [0.05, 0.1) is 6.04 Å². The third kappa shape index (κ3) is 3.56. The van der Waals surface area contributed by atoms with Crippen LogP contribution in [0.2, 0.25) is 0 Å². The monoisotopic (exact) mass is 330 g/mol. The quantitative estimate of drug-likeness (QED) is 0.913. The summed E-state index contributed by atoms with van der Waals surface area (Å²) in [6, 6.07) is 5.80. The molecule has 2 aliphatic rings. The molecule has 0 radical (unpaired) electrons. The van der Waals surface area contributed by atoms with Crippen molar-refractivity contribution < 1.29 is 14.3 Å². The first-order valence-corrected chi connectivity index (χ1v) is 7.92. The van der Waals surface area contributed by atoms with Crippen molar-refractivity contribution in [1.82, 2.24) is 10.2 Å². The van der Waals surface area contributed by atoms with Crippen molar-refractivity contribution in [1.29, 1.82) is 0 Å². The van der Waals surface area contributed by atoms with Crippen LogP contribution >= 0.6 is 24.2 Å². The number of hydrogen-bond donors (Lipinski definition) is 1. The van der Waals surface area contributed by atoms with Crippen molar-refractivity contribution in [2.75, 3.05) is 25.0 Å². The smallest absolute Gasteiger partial charge is 0.240 e. The van der Waals surface area contributed by atoms with Crippen molar-refractivity contribution in [2.24, 2.45) is 0 Å². The highest BCUT2D eigenvalue weighted by Gasteiger charge is 2.26.